The molecular formula is C13H26N6OS. The van der Waals surface area contributed by atoms with Crippen molar-refractivity contribution in [2.45, 2.75) is 63.5 Å². The van der Waals surface area contributed by atoms with Crippen LogP contribution in [0.15, 0.2) is 5.16 Å². The van der Waals surface area contributed by atoms with E-state index in [1.165, 1.54) is 11.8 Å². The highest BCUT2D eigenvalue weighted by atomic mass is 32.2. The molecule has 1 heterocycles. The van der Waals surface area contributed by atoms with Gasteiger partial charge in [-0.3, -0.25) is 4.79 Å². The van der Waals surface area contributed by atoms with Gasteiger partial charge in [-0.05, 0) is 37.2 Å². The first-order valence-electron chi connectivity index (χ1n) is 7.52. The molecule has 1 aromatic rings. The van der Waals surface area contributed by atoms with Crippen LogP contribution in [-0.4, -0.2) is 50.5 Å². The van der Waals surface area contributed by atoms with Crippen molar-refractivity contribution < 1.29 is 4.79 Å². The molecule has 0 radical (unpaired) electrons. The summed E-state index contributed by atoms with van der Waals surface area (Å²) in [6.07, 6.45) is 2.05. The molecule has 0 saturated carbocycles. The Labute approximate surface area is 130 Å². The number of carbonyl (C=O) groups is 1. The van der Waals surface area contributed by atoms with E-state index in [4.69, 9.17) is 0 Å². The lowest BCUT2D eigenvalue weighted by molar-refractivity contribution is -0.120. The molecule has 1 aromatic heterocycles. The van der Waals surface area contributed by atoms with Crippen LogP contribution >= 0.6 is 11.8 Å². The van der Waals surface area contributed by atoms with Gasteiger partial charge < -0.3 is 10.6 Å². The van der Waals surface area contributed by atoms with Gasteiger partial charge in [0.15, 0.2) is 0 Å². The summed E-state index contributed by atoms with van der Waals surface area (Å²) in [4.78, 5) is 12.1. The van der Waals surface area contributed by atoms with Gasteiger partial charge in [-0.1, -0.05) is 32.0 Å². The van der Waals surface area contributed by atoms with Crippen LogP contribution in [0.4, 0.5) is 0 Å². The summed E-state index contributed by atoms with van der Waals surface area (Å²) < 4.78 is 1.73. The van der Waals surface area contributed by atoms with Crippen LogP contribution in [-0.2, 0) is 11.3 Å². The molecule has 0 fully saturated rings. The average molecular weight is 314 g/mol. The summed E-state index contributed by atoms with van der Waals surface area (Å²) in [6.45, 7) is 10.5. The third-order valence-electron chi connectivity index (χ3n) is 3.01. The third kappa shape index (κ3) is 6.43. The zero-order chi connectivity index (χ0) is 15.7. The minimum Gasteiger partial charge on any atom is -0.353 e. The number of aromatic nitrogens is 4. The van der Waals surface area contributed by atoms with E-state index in [0.29, 0.717) is 11.7 Å². The van der Waals surface area contributed by atoms with Crippen LogP contribution in [0.25, 0.3) is 0 Å². The Morgan fingerprint density at radius 1 is 1.38 bits per heavy atom. The monoisotopic (exact) mass is 314 g/mol. The van der Waals surface area contributed by atoms with E-state index < -0.39 is 0 Å². The number of tetrazole rings is 1. The Bertz CT molecular complexity index is 425. The quantitative estimate of drug-likeness (QED) is 0.496. The molecule has 0 bridgehead atoms. The van der Waals surface area contributed by atoms with E-state index in [9.17, 15) is 4.79 Å². The Hall–Kier alpha value is -1.15. The molecule has 2 unspecified atom stereocenters. The minimum atomic E-state index is -0.215. The Balaban J connectivity index is 2.48. The largest absolute Gasteiger partial charge is 0.353 e. The van der Waals surface area contributed by atoms with Crippen molar-refractivity contribution in [3.63, 3.8) is 0 Å². The standard InChI is InChI=1S/C13H26N6OS/c1-5-7-10(3)15-12(20)11(4)21-13-16-17-18-19(13)9-8-14-6-2/h10-11,14H,5-9H2,1-4H3,(H,15,20). The maximum Gasteiger partial charge on any atom is 0.233 e. The molecule has 21 heavy (non-hydrogen) atoms. The molecule has 8 heteroatoms. The first-order valence-corrected chi connectivity index (χ1v) is 8.40. The summed E-state index contributed by atoms with van der Waals surface area (Å²) in [5, 5.41) is 18.3. The van der Waals surface area contributed by atoms with Crippen molar-refractivity contribution in [1.82, 2.24) is 30.8 Å². The van der Waals surface area contributed by atoms with Crippen molar-refractivity contribution >= 4 is 17.7 Å². The Morgan fingerprint density at radius 3 is 2.81 bits per heavy atom. The zero-order valence-corrected chi connectivity index (χ0v) is 14.1. The summed E-state index contributed by atoms with van der Waals surface area (Å²) >= 11 is 1.39. The summed E-state index contributed by atoms with van der Waals surface area (Å²) in [7, 11) is 0. The normalized spacial score (nSPS) is 13.9. The Morgan fingerprint density at radius 2 is 2.14 bits per heavy atom. The molecule has 120 valence electrons. The fourth-order valence-corrected chi connectivity index (χ4v) is 2.68. The molecule has 1 rings (SSSR count). The SMILES string of the molecule is CCCC(C)NC(=O)C(C)Sc1nnnn1CCNCC. The van der Waals surface area contributed by atoms with Crippen LogP contribution in [0.1, 0.15) is 40.5 Å². The molecule has 0 spiro atoms. The van der Waals surface area contributed by atoms with Crippen LogP contribution in [0.2, 0.25) is 0 Å². The number of likely N-dealkylation sites (N-methyl/N-ethyl adjacent to an activating group) is 1. The van der Waals surface area contributed by atoms with Gasteiger partial charge in [0.1, 0.15) is 0 Å². The maximum atomic E-state index is 12.1. The zero-order valence-electron chi connectivity index (χ0n) is 13.3. The molecule has 2 N–H and O–H groups in total. The number of hydrogen-bond donors (Lipinski definition) is 2. The fourth-order valence-electron chi connectivity index (χ4n) is 1.86. The predicted molar refractivity (Wildman–Crippen MR) is 84.2 cm³/mol. The number of rotatable bonds is 10. The number of carbonyl (C=O) groups excluding carboxylic acids is 1. The van der Waals surface area contributed by atoms with E-state index in [2.05, 4.69) is 40.0 Å². The number of thioether (sulfide) groups is 1. The smallest absolute Gasteiger partial charge is 0.233 e. The number of hydrogen-bond acceptors (Lipinski definition) is 6. The highest BCUT2D eigenvalue weighted by Gasteiger charge is 2.19. The summed E-state index contributed by atoms with van der Waals surface area (Å²) in [6, 6.07) is 0.204. The van der Waals surface area contributed by atoms with Crippen molar-refractivity contribution in [3.05, 3.63) is 0 Å². The second-order valence-corrected chi connectivity index (χ2v) is 6.30. The highest BCUT2D eigenvalue weighted by molar-refractivity contribution is 8.00. The third-order valence-corrected chi connectivity index (χ3v) is 4.08. The molecule has 1 amide bonds. The van der Waals surface area contributed by atoms with E-state index in [1.54, 1.807) is 4.68 Å². The minimum absolute atomic E-state index is 0.0298. The van der Waals surface area contributed by atoms with Gasteiger partial charge in [0.25, 0.3) is 0 Å². The van der Waals surface area contributed by atoms with Crippen molar-refractivity contribution in [2.75, 3.05) is 13.1 Å². The number of nitrogens with zero attached hydrogens (tertiary/aromatic N) is 4. The predicted octanol–water partition coefficient (Wildman–Crippen LogP) is 1.07. The first-order chi connectivity index (χ1) is 10.1. The lowest BCUT2D eigenvalue weighted by atomic mass is 10.2. The summed E-state index contributed by atoms with van der Waals surface area (Å²) in [5.74, 6) is 0.0298. The molecule has 2 atom stereocenters. The fraction of sp³-hybridized carbons (Fsp3) is 0.846. The molecule has 7 nitrogen and oxygen atoms in total. The van der Waals surface area contributed by atoms with Crippen LogP contribution in [0, 0.1) is 0 Å². The van der Waals surface area contributed by atoms with Gasteiger partial charge in [-0.2, -0.15) is 0 Å². The molecule has 0 aliphatic carbocycles. The number of nitrogens with one attached hydrogen (secondary N) is 2. The molecule has 0 aromatic carbocycles. The highest BCUT2D eigenvalue weighted by Crippen LogP contribution is 2.20. The van der Waals surface area contributed by atoms with Gasteiger partial charge in [-0.25, -0.2) is 4.68 Å². The van der Waals surface area contributed by atoms with E-state index in [-0.39, 0.29) is 17.2 Å². The van der Waals surface area contributed by atoms with Crippen LogP contribution < -0.4 is 10.6 Å². The molecular weight excluding hydrogens is 288 g/mol. The van der Waals surface area contributed by atoms with Gasteiger partial charge in [0, 0.05) is 12.6 Å². The van der Waals surface area contributed by atoms with Gasteiger partial charge in [-0.15, -0.1) is 5.10 Å². The second kappa shape index (κ2) is 9.73. The lowest BCUT2D eigenvalue weighted by Crippen LogP contribution is -2.37. The lowest BCUT2D eigenvalue weighted by Gasteiger charge is -2.16. The van der Waals surface area contributed by atoms with Crippen molar-refractivity contribution in [1.29, 1.82) is 0 Å². The molecule has 0 aliphatic heterocycles. The van der Waals surface area contributed by atoms with E-state index in [0.717, 1.165) is 25.9 Å². The molecule has 0 saturated heterocycles. The van der Waals surface area contributed by atoms with Crippen molar-refractivity contribution in [3.8, 4) is 0 Å². The van der Waals surface area contributed by atoms with E-state index >= 15 is 0 Å². The van der Waals surface area contributed by atoms with E-state index in [1.807, 2.05) is 13.8 Å². The second-order valence-electron chi connectivity index (χ2n) is 5.00. The average Bonchev–Trinajstić information content (AvgIpc) is 2.86. The first kappa shape index (κ1) is 17.9. The number of amides is 1. The van der Waals surface area contributed by atoms with Crippen LogP contribution in [0.5, 0.6) is 0 Å². The van der Waals surface area contributed by atoms with Gasteiger partial charge in [0.05, 0.1) is 11.8 Å². The van der Waals surface area contributed by atoms with Crippen molar-refractivity contribution in [2.24, 2.45) is 0 Å². The molecule has 0 aliphatic rings. The summed E-state index contributed by atoms with van der Waals surface area (Å²) in [5.41, 5.74) is 0. The van der Waals surface area contributed by atoms with Gasteiger partial charge >= 0.3 is 0 Å². The van der Waals surface area contributed by atoms with Crippen LogP contribution in [0.3, 0.4) is 0 Å². The topological polar surface area (TPSA) is 84.7 Å². The Kier molecular flexibility index (Phi) is 8.29. The maximum absolute atomic E-state index is 12.1. The van der Waals surface area contributed by atoms with Gasteiger partial charge in [0.2, 0.25) is 11.1 Å².